The molecule has 9 heteroatoms. The highest BCUT2D eigenvalue weighted by Crippen LogP contribution is 2.35. The van der Waals surface area contributed by atoms with Gasteiger partial charge in [-0.05, 0) is 0 Å². The van der Waals surface area contributed by atoms with Crippen molar-refractivity contribution in [1.29, 1.82) is 0 Å². The molecule has 3 rings (SSSR count). The van der Waals surface area contributed by atoms with Crippen molar-refractivity contribution in [2.24, 2.45) is 0 Å². The van der Waals surface area contributed by atoms with E-state index in [1.165, 1.54) is 13.3 Å². The summed E-state index contributed by atoms with van der Waals surface area (Å²) in [5.41, 5.74) is 6.95. The van der Waals surface area contributed by atoms with Gasteiger partial charge in [-0.2, -0.15) is 0 Å². The van der Waals surface area contributed by atoms with E-state index in [1.807, 2.05) is 4.57 Å². The average molecular weight is 356 g/mol. The summed E-state index contributed by atoms with van der Waals surface area (Å²) in [5.74, 6) is 0.0129. The van der Waals surface area contributed by atoms with Crippen molar-refractivity contribution < 1.29 is 14.3 Å². The standard InChI is InChI=1S/C12H14BrN5O3/c1-6(19)20-3-8-7(13)2-9(21-8)18-5-17-10-11(14)15-4-16-12(10)18/h4-5,7-9H,2-3H2,1H3,(H2,14,15,16)/t7-,8?,9+/m0/s1. The second kappa shape index (κ2) is 5.57. The first kappa shape index (κ1) is 14.2. The topological polar surface area (TPSA) is 105 Å². The summed E-state index contributed by atoms with van der Waals surface area (Å²) < 4.78 is 12.7. The fraction of sp³-hybridized carbons (Fsp3) is 0.500. The van der Waals surface area contributed by atoms with E-state index in [-0.39, 0.29) is 29.7 Å². The van der Waals surface area contributed by atoms with Crippen LogP contribution < -0.4 is 5.73 Å². The summed E-state index contributed by atoms with van der Waals surface area (Å²) in [7, 11) is 0. The van der Waals surface area contributed by atoms with Gasteiger partial charge in [0.1, 0.15) is 30.8 Å². The first-order valence-electron chi connectivity index (χ1n) is 6.42. The number of imidazole rings is 1. The van der Waals surface area contributed by atoms with E-state index in [0.717, 1.165) is 0 Å². The highest BCUT2D eigenvalue weighted by Gasteiger charge is 2.36. The number of anilines is 1. The molecule has 0 aliphatic carbocycles. The maximum atomic E-state index is 10.9. The number of nitrogens with two attached hydrogens (primary N) is 1. The van der Waals surface area contributed by atoms with Crippen molar-refractivity contribution in [2.75, 3.05) is 12.3 Å². The molecule has 1 unspecified atom stereocenters. The number of hydrogen-bond acceptors (Lipinski definition) is 7. The van der Waals surface area contributed by atoms with Gasteiger partial charge in [-0.15, -0.1) is 0 Å². The largest absolute Gasteiger partial charge is 0.463 e. The zero-order valence-corrected chi connectivity index (χ0v) is 12.9. The molecule has 2 aromatic rings. The van der Waals surface area contributed by atoms with Gasteiger partial charge in [0.05, 0.1) is 6.33 Å². The van der Waals surface area contributed by atoms with Crippen molar-refractivity contribution in [3.63, 3.8) is 0 Å². The van der Waals surface area contributed by atoms with Crippen LogP contribution in [0, 0.1) is 0 Å². The lowest BCUT2D eigenvalue weighted by Crippen LogP contribution is -2.24. The SMILES string of the molecule is CC(=O)OCC1O[C@@H](n2cnc3c(N)ncnc32)C[C@@H]1Br. The van der Waals surface area contributed by atoms with Gasteiger partial charge in [0, 0.05) is 18.2 Å². The monoisotopic (exact) mass is 355 g/mol. The second-order valence-corrected chi connectivity index (χ2v) is 5.94. The average Bonchev–Trinajstić information content (AvgIpc) is 3.01. The Morgan fingerprint density at radius 3 is 3.14 bits per heavy atom. The lowest BCUT2D eigenvalue weighted by molar-refractivity contribution is -0.145. The summed E-state index contributed by atoms with van der Waals surface area (Å²) in [4.78, 5) is 23.3. The Balaban J connectivity index is 1.81. The van der Waals surface area contributed by atoms with Crippen LogP contribution in [-0.2, 0) is 14.3 Å². The molecule has 1 saturated heterocycles. The normalized spacial score (nSPS) is 25.3. The fourth-order valence-electron chi connectivity index (χ4n) is 2.29. The Kier molecular flexibility index (Phi) is 3.77. The predicted octanol–water partition coefficient (Wildman–Crippen LogP) is 1.02. The quantitative estimate of drug-likeness (QED) is 0.647. The smallest absolute Gasteiger partial charge is 0.302 e. The maximum Gasteiger partial charge on any atom is 0.302 e. The summed E-state index contributed by atoms with van der Waals surface area (Å²) in [6.45, 7) is 1.59. The number of carbonyl (C=O) groups is 1. The molecule has 0 saturated carbocycles. The number of alkyl halides is 1. The lowest BCUT2D eigenvalue weighted by Gasteiger charge is -2.15. The molecule has 2 N–H and O–H groups in total. The first-order valence-corrected chi connectivity index (χ1v) is 7.33. The van der Waals surface area contributed by atoms with Crippen molar-refractivity contribution in [3.05, 3.63) is 12.7 Å². The van der Waals surface area contributed by atoms with E-state index in [4.69, 9.17) is 15.2 Å². The van der Waals surface area contributed by atoms with Crippen molar-refractivity contribution in [2.45, 2.75) is 30.5 Å². The molecule has 8 nitrogen and oxygen atoms in total. The Morgan fingerprint density at radius 2 is 2.38 bits per heavy atom. The Morgan fingerprint density at radius 1 is 1.57 bits per heavy atom. The number of aromatic nitrogens is 4. The van der Waals surface area contributed by atoms with Crippen molar-refractivity contribution in [1.82, 2.24) is 19.5 Å². The van der Waals surface area contributed by atoms with Gasteiger partial charge in [0.25, 0.3) is 0 Å². The predicted molar refractivity (Wildman–Crippen MR) is 77.6 cm³/mol. The zero-order valence-electron chi connectivity index (χ0n) is 11.3. The van der Waals surface area contributed by atoms with Crippen LogP contribution in [0.5, 0.6) is 0 Å². The molecule has 2 aromatic heterocycles. The van der Waals surface area contributed by atoms with Crippen LogP contribution in [-0.4, -0.2) is 43.0 Å². The van der Waals surface area contributed by atoms with Gasteiger partial charge < -0.3 is 15.2 Å². The fourth-order valence-corrected chi connectivity index (χ4v) is 2.89. The number of fused-ring (bicyclic) bond motifs is 1. The molecule has 3 heterocycles. The molecular formula is C12H14BrN5O3. The minimum Gasteiger partial charge on any atom is -0.463 e. The number of hydrogen-bond donors (Lipinski definition) is 1. The molecule has 1 fully saturated rings. The second-order valence-electron chi connectivity index (χ2n) is 4.77. The lowest BCUT2D eigenvalue weighted by atomic mass is 10.2. The number of ether oxygens (including phenoxy) is 2. The van der Waals surface area contributed by atoms with E-state index in [1.54, 1.807) is 6.33 Å². The van der Waals surface area contributed by atoms with E-state index < -0.39 is 0 Å². The molecule has 112 valence electrons. The number of nitrogen functional groups attached to an aromatic ring is 1. The number of esters is 1. The molecule has 0 bridgehead atoms. The molecule has 21 heavy (non-hydrogen) atoms. The third kappa shape index (κ3) is 2.70. The molecule has 0 radical (unpaired) electrons. The number of carbonyl (C=O) groups excluding carboxylic acids is 1. The van der Waals surface area contributed by atoms with Gasteiger partial charge in [-0.1, -0.05) is 15.9 Å². The van der Waals surface area contributed by atoms with Gasteiger partial charge in [-0.25, -0.2) is 15.0 Å². The third-order valence-corrected chi connectivity index (χ3v) is 4.27. The summed E-state index contributed by atoms with van der Waals surface area (Å²) in [6, 6.07) is 0. The van der Waals surface area contributed by atoms with Crippen LogP contribution in [0.1, 0.15) is 19.6 Å². The van der Waals surface area contributed by atoms with Crippen LogP contribution in [0.4, 0.5) is 5.82 Å². The van der Waals surface area contributed by atoms with Gasteiger partial charge in [0.2, 0.25) is 0 Å². The summed E-state index contributed by atoms with van der Waals surface area (Å²) >= 11 is 3.55. The van der Waals surface area contributed by atoms with Crippen LogP contribution >= 0.6 is 15.9 Å². The van der Waals surface area contributed by atoms with Crippen LogP contribution in [0.3, 0.4) is 0 Å². The zero-order chi connectivity index (χ0) is 15.0. The minimum absolute atomic E-state index is 0.0819. The first-order chi connectivity index (χ1) is 10.1. The van der Waals surface area contributed by atoms with Crippen molar-refractivity contribution >= 4 is 38.9 Å². The molecule has 1 aliphatic heterocycles. The maximum absolute atomic E-state index is 10.9. The molecule has 0 spiro atoms. The number of nitrogens with zero attached hydrogens (tertiary/aromatic N) is 4. The molecule has 0 amide bonds. The highest BCUT2D eigenvalue weighted by atomic mass is 79.9. The van der Waals surface area contributed by atoms with Crippen LogP contribution in [0.2, 0.25) is 0 Å². The van der Waals surface area contributed by atoms with Crippen LogP contribution in [0.15, 0.2) is 12.7 Å². The highest BCUT2D eigenvalue weighted by molar-refractivity contribution is 9.09. The van der Waals surface area contributed by atoms with Crippen LogP contribution in [0.25, 0.3) is 11.2 Å². The van der Waals surface area contributed by atoms with E-state index in [9.17, 15) is 4.79 Å². The number of rotatable bonds is 3. The van der Waals surface area contributed by atoms with E-state index in [2.05, 4.69) is 30.9 Å². The summed E-state index contributed by atoms with van der Waals surface area (Å²) in [5, 5.41) is 0. The van der Waals surface area contributed by atoms with Crippen molar-refractivity contribution in [3.8, 4) is 0 Å². The van der Waals surface area contributed by atoms with E-state index >= 15 is 0 Å². The molecule has 0 aromatic carbocycles. The van der Waals surface area contributed by atoms with Gasteiger partial charge >= 0.3 is 5.97 Å². The minimum atomic E-state index is -0.324. The van der Waals surface area contributed by atoms with E-state index in [0.29, 0.717) is 23.4 Å². The third-order valence-electron chi connectivity index (χ3n) is 3.31. The molecular weight excluding hydrogens is 342 g/mol. The van der Waals surface area contributed by atoms with Gasteiger partial charge in [-0.3, -0.25) is 9.36 Å². The van der Waals surface area contributed by atoms with Gasteiger partial charge in [0.15, 0.2) is 11.5 Å². The Labute approximate surface area is 128 Å². The Hall–Kier alpha value is -1.74. The molecule has 1 aliphatic rings. The Bertz CT molecular complexity index is 676. The number of halogens is 1. The summed E-state index contributed by atoms with van der Waals surface area (Å²) in [6.07, 6.45) is 3.28. The molecule has 3 atom stereocenters.